The summed E-state index contributed by atoms with van der Waals surface area (Å²) < 4.78 is 71.3. The van der Waals surface area contributed by atoms with E-state index in [0.717, 1.165) is 0 Å². The summed E-state index contributed by atoms with van der Waals surface area (Å²) in [4.78, 5) is 22.4. The predicted octanol–water partition coefficient (Wildman–Crippen LogP) is 5.05. The number of rotatable bonds is 5. The van der Waals surface area contributed by atoms with Crippen molar-refractivity contribution in [1.29, 1.82) is 0 Å². The normalized spacial score (nSPS) is 13.4. The molecule has 0 heterocycles. The van der Waals surface area contributed by atoms with Gasteiger partial charge in [-0.1, -0.05) is 19.4 Å². The minimum Gasteiger partial charge on any atom is -0.504 e. The third-order valence-corrected chi connectivity index (χ3v) is 5.63. The van der Waals surface area contributed by atoms with Gasteiger partial charge in [0.1, 0.15) is 4.90 Å². The quantitative estimate of drug-likeness (QED) is 0.101. The second-order valence-corrected chi connectivity index (χ2v) is 9.61. The van der Waals surface area contributed by atoms with E-state index in [4.69, 9.17) is 4.74 Å². The molecule has 0 bridgehead atoms. The lowest BCUT2D eigenvalue weighted by molar-refractivity contribution is 0.0733. The number of anilines is 1. The number of carbonyl (C=O) groups is 2. The number of carbonyl (C=O) groups excluding carboxylic acids is 2. The van der Waals surface area contributed by atoms with E-state index in [0.29, 0.717) is 30.3 Å². The second kappa shape index (κ2) is 7.70. The third kappa shape index (κ3) is 5.38. The highest BCUT2D eigenvalue weighted by atomic mass is 32.5. The predicted molar refractivity (Wildman–Crippen MR) is 114 cm³/mol. The van der Waals surface area contributed by atoms with Crippen LogP contribution in [0.15, 0.2) is 47.4 Å². The molecule has 3 aromatic carbocycles. The average molecular weight is 539 g/mol. The van der Waals surface area contributed by atoms with Crippen molar-refractivity contribution in [2.24, 2.45) is 0 Å². The number of esters is 1. The number of phenolic OH excluding ortho intramolecular Hbond substituents is 6. The van der Waals surface area contributed by atoms with Crippen LogP contribution >= 0.6 is 10.2 Å². The lowest BCUT2D eigenvalue weighted by atomic mass is 10.1. The Morgan fingerprint density at radius 2 is 1.14 bits per heavy atom. The maximum Gasteiger partial charge on any atom is 0.343 e. The summed E-state index contributed by atoms with van der Waals surface area (Å²) in [6.45, 7) is 0. The number of halogens is 5. The molecular weight excluding hydrogens is 525 g/mol. The van der Waals surface area contributed by atoms with Crippen molar-refractivity contribution in [3.63, 3.8) is 0 Å². The molecule has 0 radical (unpaired) electrons. The zero-order valence-electron chi connectivity index (χ0n) is 17.2. The highest BCUT2D eigenvalue weighted by Gasteiger charge is 2.65. The smallest absolute Gasteiger partial charge is 0.343 e. The molecule has 0 unspecified atom stereocenters. The zero-order chi connectivity index (χ0) is 27.3. The van der Waals surface area contributed by atoms with Crippen LogP contribution < -0.4 is 10.1 Å². The molecule has 0 aliphatic carbocycles. The van der Waals surface area contributed by atoms with Crippen molar-refractivity contribution in [1.82, 2.24) is 0 Å². The monoisotopic (exact) mass is 539 g/mol. The maximum absolute atomic E-state index is 13.3. The molecule has 0 saturated carbocycles. The molecule has 0 aliphatic rings. The maximum atomic E-state index is 13.3. The summed E-state index contributed by atoms with van der Waals surface area (Å²) in [5.74, 6) is -10.1. The van der Waals surface area contributed by atoms with Crippen molar-refractivity contribution in [3.05, 3.63) is 53.6 Å². The first-order chi connectivity index (χ1) is 16.3. The minimum absolute atomic E-state index is 0.0987. The molecule has 3 aromatic rings. The van der Waals surface area contributed by atoms with Gasteiger partial charge in [-0.15, -0.1) is 0 Å². The van der Waals surface area contributed by atoms with Gasteiger partial charge in [0.25, 0.3) is 5.91 Å². The van der Waals surface area contributed by atoms with Crippen LogP contribution in [0.2, 0.25) is 0 Å². The van der Waals surface area contributed by atoms with Gasteiger partial charge in [-0.3, -0.25) is 4.79 Å². The first kappa shape index (κ1) is 26.0. The van der Waals surface area contributed by atoms with Crippen LogP contribution in [0.25, 0.3) is 0 Å². The fraction of sp³-hybridized carbons (Fsp3) is 0. The van der Waals surface area contributed by atoms with Gasteiger partial charge in [0, 0.05) is 11.6 Å². The van der Waals surface area contributed by atoms with Crippen molar-refractivity contribution < 1.29 is 64.4 Å². The summed E-state index contributed by atoms with van der Waals surface area (Å²) in [6.07, 6.45) is 0. The summed E-state index contributed by atoms with van der Waals surface area (Å²) in [6, 6.07) is 2.36. The molecular formula is C20H14F5NO9S. The summed E-state index contributed by atoms with van der Waals surface area (Å²) in [5.41, 5.74) is -2.05. The van der Waals surface area contributed by atoms with Crippen LogP contribution in [-0.4, -0.2) is 42.5 Å². The second-order valence-electron chi connectivity index (χ2n) is 7.20. The number of ether oxygens (including phenoxy) is 1. The van der Waals surface area contributed by atoms with E-state index < -0.39 is 84.1 Å². The average Bonchev–Trinajstić information content (AvgIpc) is 2.74. The Balaban J connectivity index is 2.06. The summed E-state index contributed by atoms with van der Waals surface area (Å²) in [5, 5.41) is 58.7. The SMILES string of the molecule is O=C(Nc1ccc(S(F)(F)(F)(F)F)cc1OC(=O)c1cc(O)c(O)c(O)c1)c1cc(O)c(O)c(O)c1. The van der Waals surface area contributed by atoms with E-state index in [1.807, 2.05) is 5.32 Å². The van der Waals surface area contributed by atoms with E-state index >= 15 is 0 Å². The Kier molecular flexibility index (Phi) is 5.57. The summed E-state index contributed by atoms with van der Waals surface area (Å²) >= 11 is 0. The van der Waals surface area contributed by atoms with Crippen molar-refractivity contribution in [2.45, 2.75) is 4.90 Å². The number of hydrogen-bond acceptors (Lipinski definition) is 9. The molecule has 194 valence electrons. The number of amides is 1. The highest BCUT2D eigenvalue weighted by Crippen LogP contribution is 3.02. The number of aromatic hydroxyl groups is 6. The molecule has 36 heavy (non-hydrogen) atoms. The van der Waals surface area contributed by atoms with Crippen LogP contribution in [0.3, 0.4) is 0 Å². The van der Waals surface area contributed by atoms with Gasteiger partial charge in [0.15, 0.2) is 40.2 Å². The lowest BCUT2D eigenvalue weighted by Gasteiger charge is -2.40. The Morgan fingerprint density at radius 1 is 0.694 bits per heavy atom. The molecule has 7 N–H and O–H groups in total. The van der Waals surface area contributed by atoms with E-state index in [1.54, 1.807) is 0 Å². The number of benzene rings is 3. The Bertz CT molecular complexity index is 1380. The topological polar surface area (TPSA) is 177 Å². The Hall–Kier alpha value is -4.60. The molecule has 0 fully saturated rings. The molecule has 0 aliphatic heterocycles. The van der Waals surface area contributed by atoms with Crippen molar-refractivity contribution >= 4 is 27.8 Å². The van der Waals surface area contributed by atoms with Crippen LogP contribution in [0.5, 0.6) is 40.2 Å². The van der Waals surface area contributed by atoms with Gasteiger partial charge in [0.2, 0.25) is 0 Å². The van der Waals surface area contributed by atoms with Gasteiger partial charge in [0.05, 0.1) is 11.3 Å². The molecule has 10 nitrogen and oxygen atoms in total. The van der Waals surface area contributed by atoms with Crippen LogP contribution in [0.1, 0.15) is 20.7 Å². The molecule has 16 heteroatoms. The molecule has 1 amide bonds. The number of hydrogen-bond donors (Lipinski definition) is 7. The third-order valence-electron chi connectivity index (χ3n) is 4.49. The molecule has 0 atom stereocenters. The molecule has 0 saturated heterocycles. The van der Waals surface area contributed by atoms with Gasteiger partial charge >= 0.3 is 16.2 Å². The summed E-state index contributed by atoms with van der Waals surface area (Å²) in [7, 11) is -10.3. The van der Waals surface area contributed by atoms with Crippen LogP contribution in [0.4, 0.5) is 25.1 Å². The number of nitrogens with one attached hydrogen (secondary N) is 1. The fourth-order valence-corrected chi connectivity index (χ4v) is 3.40. The first-order valence-electron chi connectivity index (χ1n) is 9.18. The fourth-order valence-electron chi connectivity index (χ4n) is 2.74. The van der Waals surface area contributed by atoms with Crippen LogP contribution in [-0.2, 0) is 0 Å². The minimum atomic E-state index is -10.3. The molecule has 0 aromatic heterocycles. The Labute approximate surface area is 196 Å². The first-order valence-corrected chi connectivity index (χ1v) is 11.1. The Morgan fingerprint density at radius 3 is 1.58 bits per heavy atom. The molecule has 3 rings (SSSR count). The van der Waals surface area contributed by atoms with Gasteiger partial charge in [-0.2, -0.15) is 0 Å². The van der Waals surface area contributed by atoms with Crippen molar-refractivity contribution in [2.75, 3.05) is 5.32 Å². The standard InChI is InChI=1S/C20H14F5NO9S/c21-36(22,23,24,25)10-1-2-11(26-19(33)8-3-12(27)17(31)13(28)4-8)16(7-10)35-20(34)9-5-14(29)18(32)15(30)6-9/h1-7,27-32H,(H,26,33). The van der Waals surface area contributed by atoms with Gasteiger partial charge in [-0.25, -0.2) is 4.79 Å². The van der Waals surface area contributed by atoms with E-state index in [-0.39, 0.29) is 12.1 Å². The lowest BCUT2D eigenvalue weighted by Crippen LogP contribution is -2.16. The highest BCUT2D eigenvalue weighted by molar-refractivity contribution is 8.45. The zero-order valence-corrected chi connectivity index (χ0v) is 18.1. The van der Waals surface area contributed by atoms with Crippen molar-refractivity contribution in [3.8, 4) is 40.2 Å². The van der Waals surface area contributed by atoms with E-state index in [1.165, 1.54) is 0 Å². The van der Waals surface area contributed by atoms with Crippen LogP contribution in [0, 0.1) is 0 Å². The van der Waals surface area contributed by atoms with E-state index in [2.05, 4.69) is 0 Å². The van der Waals surface area contributed by atoms with Gasteiger partial charge < -0.3 is 40.7 Å². The largest absolute Gasteiger partial charge is 0.504 e. The molecule has 0 spiro atoms. The van der Waals surface area contributed by atoms with Gasteiger partial charge in [-0.05, 0) is 36.4 Å². The number of phenols is 6. The van der Waals surface area contributed by atoms with E-state index in [9.17, 15) is 59.7 Å².